The molecule has 1 aliphatic heterocycles. The van der Waals surface area contributed by atoms with Crippen LogP contribution in [0.25, 0.3) is 0 Å². The molecule has 1 aromatic heterocycles. The Kier molecular flexibility index (Phi) is 3.65. The minimum Gasteiger partial charge on any atom is -0.476 e. The van der Waals surface area contributed by atoms with Crippen molar-refractivity contribution < 1.29 is 9.13 Å². The normalized spacial score (nSPS) is 17.6. The molecule has 1 N–H and O–H groups in total. The van der Waals surface area contributed by atoms with Gasteiger partial charge >= 0.3 is 0 Å². The van der Waals surface area contributed by atoms with Crippen LogP contribution in [0.3, 0.4) is 0 Å². The summed E-state index contributed by atoms with van der Waals surface area (Å²) in [5, 5.41) is 3.36. The minimum atomic E-state index is -0.177. The van der Waals surface area contributed by atoms with E-state index in [1.165, 1.54) is 11.6 Å². The van der Waals surface area contributed by atoms with E-state index >= 15 is 0 Å². The molecule has 0 bridgehead atoms. The molecule has 0 amide bonds. The summed E-state index contributed by atoms with van der Waals surface area (Å²) in [4.78, 5) is 4.22. The van der Waals surface area contributed by atoms with Crippen LogP contribution in [0.1, 0.15) is 16.7 Å². The van der Waals surface area contributed by atoms with Gasteiger partial charge in [0, 0.05) is 24.8 Å². The van der Waals surface area contributed by atoms with Gasteiger partial charge in [0.15, 0.2) is 0 Å². The standard InChI is InChI=1S/C16H17FN2O/c1-11-2-5-16(19-8-11)20-10-15-7-12-3-4-14(17)6-13(12)9-18-15/h2-6,8,15,18H,7,9-10H2,1H3/t15-/m0/s1. The number of aryl methyl sites for hydroxylation is 1. The highest BCUT2D eigenvalue weighted by atomic mass is 19.1. The third kappa shape index (κ3) is 2.96. The maximum Gasteiger partial charge on any atom is 0.213 e. The molecule has 0 radical (unpaired) electrons. The summed E-state index contributed by atoms with van der Waals surface area (Å²) in [6.45, 7) is 3.24. The second-order valence-corrected chi connectivity index (χ2v) is 5.18. The number of aromatic nitrogens is 1. The average molecular weight is 272 g/mol. The Morgan fingerprint density at radius 2 is 2.20 bits per heavy atom. The summed E-state index contributed by atoms with van der Waals surface area (Å²) in [5.74, 6) is 0.464. The van der Waals surface area contributed by atoms with Crippen molar-refractivity contribution >= 4 is 0 Å². The van der Waals surface area contributed by atoms with E-state index in [0.717, 1.165) is 17.5 Å². The molecule has 3 nitrogen and oxygen atoms in total. The van der Waals surface area contributed by atoms with Gasteiger partial charge in [-0.2, -0.15) is 0 Å². The Morgan fingerprint density at radius 3 is 3.00 bits per heavy atom. The van der Waals surface area contributed by atoms with Gasteiger partial charge in [-0.05, 0) is 42.2 Å². The van der Waals surface area contributed by atoms with Crippen molar-refractivity contribution in [3.8, 4) is 5.88 Å². The molecule has 0 fully saturated rings. The van der Waals surface area contributed by atoms with Gasteiger partial charge in [-0.3, -0.25) is 0 Å². The van der Waals surface area contributed by atoms with Gasteiger partial charge in [0.25, 0.3) is 0 Å². The Bertz CT molecular complexity index is 598. The number of nitrogens with zero attached hydrogens (tertiary/aromatic N) is 1. The molecule has 1 atom stereocenters. The lowest BCUT2D eigenvalue weighted by Crippen LogP contribution is -2.40. The second-order valence-electron chi connectivity index (χ2n) is 5.18. The number of hydrogen-bond donors (Lipinski definition) is 1. The van der Waals surface area contributed by atoms with Crippen LogP contribution < -0.4 is 10.1 Å². The highest BCUT2D eigenvalue weighted by Gasteiger charge is 2.18. The second kappa shape index (κ2) is 5.59. The first kappa shape index (κ1) is 13.1. The third-order valence-electron chi connectivity index (χ3n) is 3.53. The van der Waals surface area contributed by atoms with Crippen LogP contribution in [0.5, 0.6) is 5.88 Å². The first-order valence-electron chi connectivity index (χ1n) is 6.77. The van der Waals surface area contributed by atoms with Crippen LogP contribution in [0.4, 0.5) is 4.39 Å². The van der Waals surface area contributed by atoms with Crippen LogP contribution in [0.2, 0.25) is 0 Å². The van der Waals surface area contributed by atoms with E-state index in [2.05, 4.69) is 10.3 Å². The number of benzene rings is 1. The molecule has 4 heteroatoms. The van der Waals surface area contributed by atoms with E-state index in [1.54, 1.807) is 12.3 Å². The third-order valence-corrected chi connectivity index (χ3v) is 3.53. The fourth-order valence-corrected chi connectivity index (χ4v) is 2.39. The molecule has 0 saturated heterocycles. The van der Waals surface area contributed by atoms with Gasteiger partial charge < -0.3 is 10.1 Å². The molecular formula is C16H17FN2O. The van der Waals surface area contributed by atoms with E-state index in [9.17, 15) is 4.39 Å². The van der Waals surface area contributed by atoms with E-state index in [-0.39, 0.29) is 11.9 Å². The van der Waals surface area contributed by atoms with E-state index in [1.807, 2.05) is 25.1 Å². The van der Waals surface area contributed by atoms with Crippen molar-refractivity contribution in [2.24, 2.45) is 0 Å². The van der Waals surface area contributed by atoms with Crippen LogP contribution in [0.15, 0.2) is 36.5 Å². The Morgan fingerprint density at radius 1 is 1.30 bits per heavy atom. The fraction of sp³-hybridized carbons (Fsp3) is 0.312. The lowest BCUT2D eigenvalue weighted by Gasteiger charge is -2.26. The average Bonchev–Trinajstić information content (AvgIpc) is 2.46. The van der Waals surface area contributed by atoms with Gasteiger partial charge in [0.05, 0.1) is 0 Å². The lowest BCUT2D eigenvalue weighted by molar-refractivity contribution is 0.248. The number of nitrogens with one attached hydrogen (secondary N) is 1. The lowest BCUT2D eigenvalue weighted by atomic mass is 9.96. The first-order valence-corrected chi connectivity index (χ1v) is 6.77. The van der Waals surface area contributed by atoms with E-state index in [4.69, 9.17) is 4.74 Å². The molecule has 0 unspecified atom stereocenters. The predicted octanol–water partition coefficient (Wildman–Crippen LogP) is 2.62. The molecule has 2 aromatic rings. The van der Waals surface area contributed by atoms with Gasteiger partial charge in [-0.1, -0.05) is 12.1 Å². The van der Waals surface area contributed by atoms with Crippen LogP contribution in [-0.4, -0.2) is 17.6 Å². The molecule has 1 aliphatic rings. The zero-order chi connectivity index (χ0) is 13.9. The van der Waals surface area contributed by atoms with Crippen molar-refractivity contribution in [1.82, 2.24) is 10.3 Å². The first-order chi connectivity index (χ1) is 9.70. The highest BCUT2D eigenvalue weighted by molar-refractivity contribution is 5.30. The van der Waals surface area contributed by atoms with Crippen molar-refractivity contribution in [3.05, 3.63) is 59.0 Å². The number of hydrogen-bond acceptors (Lipinski definition) is 3. The number of ether oxygens (including phenoxy) is 1. The molecule has 20 heavy (non-hydrogen) atoms. The summed E-state index contributed by atoms with van der Waals surface area (Å²) < 4.78 is 18.8. The predicted molar refractivity (Wildman–Crippen MR) is 75.2 cm³/mol. The van der Waals surface area contributed by atoms with Crippen LogP contribution in [0, 0.1) is 12.7 Å². The molecule has 0 aliphatic carbocycles. The van der Waals surface area contributed by atoms with Crippen LogP contribution in [-0.2, 0) is 13.0 Å². The summed E-state index contributed by atoms with van der Waals surface area (Å²) in [7, 11) is 0. The van der Waals surface area contributed by atoms with Gasteiger partial charge in [0.1, 0.15) is 12.4 Å². The molecular weight excluding hydrogens is 255 g/mol. The Labute approximate surface area is 117 Å². The molecule has 0 spiro atoms. The minimum absolute atomic E-state index is 0.177. The smallest absolute Gasteiger partial charge is 0.213 e. The van der Waals surface area contributed by atoms with Crippen molar-refractivity contribution in [2.75, 3.05) is 6.61 Å². The summed E-state index contributed by atoms with van der Waals surface area (Å²) in [6, 6.07) is 9.07. The SMILES string of the molecule is Cc1ccc(OC[C@@H]2Cc3ccc(F)cc3CN2)nc1. The largest absolute Gasteiger partial charge is 0.476 e. The topological polar surface area (TPSA) is 34.1 Å². The van der Waals surface area contributed by atoms with Crippen molar-refractivity contribution in [2.45, 2.75) is 25.9 Å². The summed E-state index contributed by atoms with van der Waals surface area (Å²) in [5.41, 5.74) is 3.34. The highest BCUT2D eigenvalue weighted by Crippen LogP contribution is 2.18. The number of rotatable bonds is 3. The summed E-state index contributed by atoms with van der Waals surface area (Å²) >= 11 is 0. The monoisotopic (exact) mass is 272 g/mol. The Hall–Kier alpha value is -1.94. The zero-order valence-corrected chi connectivity index (χ0v) is 11.4. The van der Waals surface area contributed by atoms with Crippen molar-refractivity contribution in [1.29, 1.82) is 0 Å². The molecule has 1 aromatic carbocycles. The molecule has 0 saturated carbocycles. The maximum atomic E-state index is 13.1. The molecule has 2 heterocycles. The molecule has 104 valence electrons. The van der Waals surface area contributed by atoms with Crippen molar-refractivity contribution in [3.63, 3.8) is 0 Å². The Balaban J connectivity index is 1.60. The molecule has 3 rings (SSSR count). The summed E-state index contributed by atoms with van der Waals surface area (Å²) in [6.07, 6.45) is 2.64. The van der Waals surface area contributed by atoms with E-state index < -0.39 is 0 Å². The van der Waals surface area contributed by atoms with E-state index in [0.29, 0.717) is 19.0 Å². The van der Waals surface area contributed by atoms with Gasteiger partial charge in [0.2, 0.25) is 5.88 Å². The number of pyridine rings is 1. The van der Waals surface area contributed by atoms with Crippen LogP contribution >= 0.6 is 0 Å². The van der Waals surface area contributed by atoms with Gasteiger partial charge in [-0.15, -0.1) is 0 Å². The fourth-order valence-electron chi connectivity index (χ4n) is 2.39. The number of halogens is 1. The van der Waals surface area contributed by atoms with Gasteiger partial charge in [-0.25, -0.2) is 9.37 Å². The number of fused-ring (bicyclic) bond motifs is 1. The maximum absolute atomic E-state index is 13.1. The zero-order valence-electron chi connectivity index (χ0n) is 11.4. The quantitative estimate of drug-likeness (QED) is 0.932.